The second-order valence-corrected chi connectivity index (χ2v) is 9.16. The topological polar surface area (TPSA) is 81.9 Å². The first-order valence-corrected chi connectivity index (χ1v) is 11.9. The van der Waals surface area contributed by atoms with Gasteiger partial charge >= 0.3 is 0 Å². The quantitative estimate of drug-likeness (QED) is 0.434. The number of anilines is 1. The van der Waals surface area contributed by atoms with Gasteiger partial charge in [-0.2, -0.15) is 5.26 Å². The molecule has 35 heavy (non-hydrogen) atoms. The lowest BCUT2D eigenvalue weighted by atomic mass is 9.98. The molecule has 5 rings (SSSR count). The number of rotatable bonds is 4. The van der Waals surface area contributed by atoms with Gasteiger partial charge in [-0.3, -0.25) is 14.8 Å². The highest BCUT2D eigenvalue weighted by Crippen LogP contribution is 2.32. The second-order valence-electron chi connectivity index (χ2n) is 9.16. The Morgan fingerprint density at radius 3 is 2.66 bits per heavy atom. The van der Waals surface area contributed by atoms with Crippen molar-refractivity contribution < 1.29 is 4.79 Å². The molecular weight excluding hydrogens is 434 g/mol. The highest BCUT2D eigenvalue weighted by Gasteiger charge is 2.25. The van der Waals surface area contributed by atoms with E-state index in [1.54, 1.807) is 12.4 Å². The van der Waals surface area contributed by atoms with E-state index in [1.165, 1.54) is 0 Å². The minimum Gasteiger partial charge on any atom is -0.382 e. The van der Waals surface area contributed by atoms with Crippen molar-refractivity contribution in [3.63, 3.8) is 0 Å². The van der Waals surface area contributed by atoms with Crippen LogP contribution in [0.5, 0.6) is 0 Å². The number of hydrogen-bond acceptors (Lipinski definition) is 5. The number of aromatic nitrogens is 2. The predicted octanol–water partition coefficient (Wildman–Crippen LogP) is 5.50. The van der Waals surface area contributed by atoms with E-state index < -0.39 is 0 Å². The molecule has 3 heterocycles. The van der Waals surface area contributed by atoms with Gasteiger partial charge in [0.15, 0.2) is 0 Å². The number of carbonyl (C=O) groups excluding carboxylic acids is 1. The molecule has 0 saturated carbocycles. The molecule has 0 aliphatic carbocycles. The Hall–Kier alpha value is -4.24. The molecule has 2 aromatic heterocycles. The van der Waals surface area contributed by atoms with Crippen LogP contribution in [0, 0.1) is 25.2 Å². The van der Waals surface area contributed by atoms with Gasteiger partial charge in [0, 0.05) is 54.5 Å². The number of pyridine rings is 2. The first-order chi connectivity index (χ1) is 17.0. The summed E-state index contributed by atoms with van der Waals surface area (Å²) in [6.07, 6.45) is 7.11. The third-order valence-corrected chi connectivity index (χ3v) is 6.70. The number of nitrogens with zero attached hydrogens (tertiary/aromatic N) is 4. The first-order valence-electron chi connectivity index (χ1n) is 11.9. The molecule has 2 aromatic carbocycles. The largest absolute Gasteiger partial charge is 0.382 e. The van der Waals surface area contributed by atoms with E-state index in [1.807, 2.05) is 61.3 Å². The predicted molar refractivity (Wildman–Crippen MR) is 138 cm³/mol. The van der Waals surface area contributed by atoms with Crippen LogP contribution in [0.15, 0.2) is 67.1 Å². The van der Waals surface area contributed by atoms with Crippen LogP contribution in [0.4, 0.5) is 5.69 Å². The van der Waals surface area contributed by atoms with Crippen molar-refractivity contribution in [3.05, 3.63) is 89.5 Å². The second kappa shape index (κ2) is 9.55. The van der Waals surface area contributed by atoms with Crippen LogP contribution >= 0.6 is 0 Å². The van der Waals surface area contributed by atoms with Crippen molar-refractivity contribution in [1.29, 1.82) is 5.26 Å². The van der Waals surface area contributed by atoms with Crippen LogP contribution in [0.25, 0.3) is 21.9 Å². The number of nitrogens with one attached hydrogen (secondary N) is 1. The molecule has 0 bridgehead atoms. The number of carbonyl (C=O) groups is 1. The fourth-order valence-corrected chi connectivity index (χ4v) is 4.79. The molecular formula is C29H27N5O. The van der Waals surface area contributed by atoms with E-state index in [4.69, 9.17) is 0 Å². The SMILES string of the molecule is Cc1cc(C)c(C(=O)N2CCC(Nc3cc(-c4cccc(C#N)c4)cc4ccncc34)CC2)cn1. The Morgan fingerprint density at radius 1 is 1.06 bits per heavy atom. The highest BCUT2D eigenvalue weighted by atomic mass is 16.2. The Labute approximate surface area is 205 Å². The maximum Gasteiger partial charge on any atom is 0.255 e. The molecule has 0 atom stereocenters. The summed E-state index contributed by atoms with van der Waals surface area (Å²) in [5, 5.41) is 15.2. The molecule has 1 aliphatic heterocycles. The number of amides is 1. The van der Waals surface area contributed by atoms with Crippen molar-refractivity contribution in [1.82, 2.24) is 14.9 Å². The summed E-state index contributed by atoms with van der Waals surface area (Å²) in [6, 6.07) is 18.4. The number of nitriles is 1. The molecule has 0 unspecified atom stereocenters. The number of hydrogen-bond donors (Lipinski definition) is 1. The molecule has 1 amide bonds. The summed E-state index contributed by atoms with van der Waals surface area (Å²) >= 11 is 0. The summed E-state index contributed by atoms with van der Waals surface area (Å²) in [4.78, 5) is 23.6. The van der Waals surface area contributed by atoms with E-state index in [9.17, 15) is 10.1 Å². The first kappa shape index (κ1) is 22.5. The van der Waals surface area contributed by atoms with Gasteiger partial charge in [-0.05, 0) is 85.2 Å². The maximum absolute atomic E-state index is 13.1. The molecule has 1 N–H and O–H groups in total. The standard InChI is InChI=1S/C29H27N5O/c1-19-12-20(2)32-18-26(19)29(35)34-10-7-25(8-11-34)33-28-15-24(14-23-6-9-31-17-27(23)28)22-5-3-4-21(13-22)16-30/h3-6,9,12-15,17-18,25,33H,7-8,10-11H2,1-2H3. The molecule has 1 saturated heterocycles. The van der Waals surface area contributed by atoms with Gasteiger partial charge in [-0.15, -0.1) is 0 Å². The lowest BCUT2D eigenvalue weighted by molar-refractivity contribution is 0.0717. The lowest BCUT2D eigenvalue weighted by Crippen LogP contribution is -2.42. The van der Waals surface area contributed by atoms with Crippen molar-refractivity contribution in [2.45, 2.75) is 32.7 Å². The molecule has 174 valence electrons. The zero-order chi connectivity index (χ0) is 24.4. The average Bonchev–Trinajstić information content (AvgIpc) is 2.89. The third-order valence-electron chi connectivity index (χ3n) is 6.70. The summed E-state index contributed by atoms with van der Waals surface area (Å²) < 4.78 is 0. The third kappa shape index (κ3) is 4.71. The Morgan fingerprint density at radius 2 is 1.89 bits per heavy atom. The van der Waals surface area contributed by atoms with Crippen LogP contribution in [0.1, 0.15) is 40.0 Å². The van der Waals surface area contributed by atoms with E-state index in [0.29, 0.717) is 24.2 Å². The Kier molecular flexibility index (Phi) is 6.15. The number of fused-ring (bicyclic) bond motifs is 1. The maximum atomic E-state index is 13.1. The van der Waals surface area contributed by atoms with Crippen LogP contribution < -0.4 is 5.32 Å². The molecule has 6 heteroatoms. The van der Waals surface area contributed by atoms with E-state index in [-0.39, 0.29) is 11.9 Å². The summed E-state index contributed by atoms with van der Waals surface area (Å²) in [5.74, 6) is 0.0578. The molecule has 4 aromatic rings. The number of piperidine rings is 1. The molecule has 1 aliphatic rings. The van der Waals surface area contributed by atoms with Gasteiger partial charge in [0.05, 0.1) is 17.2 Å². The van der Waals surface area contributed by atoms with Gasteiger partial charge in [0.2, 0.25) is 0 Å². The van der Waals surface area contributed by atoms with E-state index >= 15 is 0 Å². The van der Waals surface area contributed by atoms with Gasteiger partial charge in [0.25, 0.3) is 5.91 Å². The van der Waals surface area contributed by atoms with Crippen LogP contribution in [0.3, 0.4) is 0 Å². The molecule has 1 fully saturated rings. The summed E-state index contributed by atoms with van der Waals surface area (Å²) in [6.45, 7) is 5.30. The highest BCUT2D eigenvalue weighted by molar-refractivity contribution is 5.97. The zero-order valence-electron chi connectivity index (χ0n) is 20.0. The average molecular weight is 462 g/mol. The van der Waals surface area contributed by atoms with E-state index in [2.05, 4.69) is 33.5 Å². The van der Waals surface area contributed by atoms with Crippen molar-refractivity contribution in [2.24, 2.45) is 0 Å². The van der Waals surface area contributed by atoms with Crippen molar-refractivity contribution in [3.8, 4) is 17.2 Å². The Balaban J connectivity index is 1.35. The van der Waals surface area contributed by atoms with Gasteiger partial charge in [0.1, 0.15) is 0 Å². The minimum atomic E-state index is 0.0578. The van der Waals surface area contributed by atoms with Crippen molar-refractivity contribution >= 4 is 22.4 Å². The Bertz CT molecular complexity index is 1450. The monoisotopic (exact) mass is 461 g/mol. The lowest BCUT2D eigenvalue weighted by Gasteiger charge is -2.33. The fourth-order valence-electron chi connectivity index (χ4n) is 4.79. The molecule has 0 spiro atoms. The van der Waals surface area contributed by atoms with Gasteiger partial charge in [-0.25, -0.2) is 0 Å². The molecule has 0 radical (unpaired) electrons. The van der Waals surface area contributed by atoms with Gasteiger partial charge in [-0.1, -0.05) is 12.1 Å². The van der Waals surface area contributed by atoms with Crippen LogP contribution in [-0.2, 0) is 0 Å². The molecule has 6 nitrogen and oxygen atoms in total. The van der Waals surface area contributed by atoms with Crippen LogP contribution in [0.2, 0.25) is 0 Å². The summed E-state index contributed by atoms with van der Waals surface area (Å²) in [5.41, 5.74) is 6.31. The summed E-state index contributed by atoms with van der Waals surface area (Å²) in [7, 11) is 0. The smallest absolute Gasteiger partial charge is 0.255 e. The number of aryl methyl sites for hydroxylation is 2. The number of likely N-dealkylation sites (tertiary alicyclic amines) is 1. The van der Waals surface area contributed by atoms with E-state index in [0.717, 1.165) is 51.7 Å². The normalized spacial score (nSPS) is 14.0. The van der Waals surface area contributed by atoms with Crippen LogP contribution in [-0.4, -0.2) is 39.9 Å². The minimum absolute atomic E-state index is 0.0578. The number of benzene rings is 2. The fraction of sp³-hybridized carbons (Fsp3) is 0.241. The zero-order valence-corrected chi connectivity index (χ0v) is 20.0. The van der Waals surface area contributed by atoms with Gasteiger partial charge < -0.3 is 10.2 Å². The van der Waals surface area contributed by atoms with Crippen molar-refractivity contribution in [2.75, 3.05) is 18.4 Å².